The normalized spacial score (nSPS) is 11.6. The molecule has 2 aromatic heterocycles. The predicted molar refractivity (Wildman–Crippen MR) is 101 cm³/mol. The number of carbonyl (C=O) groups is 3. The molecular formula is C19H16N4O3S. The van der Waals surface area contributed by atoms with E-state index in [4.69, 9.17) is 5.73 Å². The van der Waals surface area contributed by atoms with Crippen LogP contribution in [0.3, 0.4) is 0 Å². The number of carbonyl (C=O) groups excluding carboxylic acids is 3. The van der Waals surface area contributed by atoms with Gasteiger partial charge in [0.05, 0.1) is 16.6 Å². The zero-order valence-electron chi connectivity index (χ0n) is 14.2. The van der Waals surface area contributed by atoms with Crippen molar-refractivity contribution in [2.45, 2.75) is 12.5 Å². The highest BCUT2D eigenvalue weighted by Gasteiger charge is 2.27. The molecule has 3 rings (SSSR count). The molecule has 3 N–H and O–H groups in total. The second-order valence-corrected chi connectivity index (χ2v) is 6.55. The first-order valence-electron chi connectivity index (χ1n) is 8.09. The third-order valence-corrected chi connectivity index (χ3v) is 4.75. The summed E-state index contributed by atoms with van der Waals surface area (Å²) in [6, 6.07) is 11.6. The van der Waals surface area contributed by atoms with Gasteiger partial charge in [0.15, 0.2) is 0 Å². The molecule has 0 aliphatic carbocycles. The van der Waals surface area contributed by atoms with Crippen molar-refractivity contribution in [3.05, 3.63) is 72.2 Å². The van der Waals surface area contributed by atoms with Crippen LogP contribution in [-0.2, 0) is 16.0 Å². The van der Waals surface area contributed by atoms with E-state index in [0.29, 0.717) is 10.4 Å². The number of rotatable bonds is 7. The molecule has 1 unspecified atom stereocenters. The molecule has 2 heterocycles. The van der Waals surface area contributed by atoms with E-state index in [0.717, 1.165) is 22.7 Å². The molecule has 0 bridgehead atoms. The third-order valence-electron chi connectivity index (χ3n) is 3.90. The van der Waals surface area contributed by atoms with Gasteiger partial charge in [0.25, 0.3) is 11.8 Å². The van der Waals surface area contributed by atoms with E-state index in [1.54, 1.807) is 24.5 Å². The van der Waals surface area contributed by atoms with Crippen LogP contribution in [0.4, 0.5) is 0 Å². The number of amides is 2. The van der Waals surface area contributed by atoms with Crippen molar-refractivity contribution in [2.75, 3.05) is 0 Å². The number of nitrogens with two attached hydrogens (primary N) is 1. The lowest BCUT2D eigenvalue weighted by molar-refractivity contribution is -0.137. The maximum atomic E-state index is 12.8. The molecular weight excluding hydrogens is 364 g/mol. The van der Waals surface area contributed by atoms with Crippen LogP contribution in [0.2, 0.25) is 0 Å². The minimum absolute atomic E-state index is 0.163. The first-order chi connectivity index (χ1) is 13.1. The summed E-state index contributed by atoms with van der Waals surface area (Å²) in [7, 11) is 0. The van der Waals surface area contributed by atoms with Gasteiger partial charge in [-0.2, -0.15) is 4.37 Å². The van der Waals surface area contributed by atoms with E-state index in [9.17, 15) is 14.4 Å². The molecule has 27 heavy (non-hydrogen) atoms. The van der Waals surface area contributed by atoms with Gasteiger partial charge >= 0.3 is 0 Å². The number of hydrogen-bond donors (Lipinski definition) is 2. The molecule has 0 aliphatic rings. The average molecular weight is 380 g/mol. The lowest BCUT2D eigenvalue weighted by Crippen LogP contribution is -2.47. The second-order valence-electron chi connectivity index (χ2n) is 5.75. The van der Waals surface area contributed by atoms with Gasteiger partial charge in [0.1, 0.15) is 6.04 Å². The van der Waals surface area contributed by atoms with E-state index < -0.39 is 23.6 Å². The lowest BCUT2D eigenvalue weighted by atomic mass is 10.0. The van der Waals surface area contributed by atoms with Crippen LogP contribution in [0.15, 0.2) is 61.1 Å². The van der Waals surface area contributed by atoms with Crippen LogP contribution in [0, 0.1) is 0 Å². The molecule has 1 atom stereocenters. The molecule has 136 valence electrons. The molecule has 3 aromatic rings. The standard InChI is InChI=1S/C19H16N4O3S/c20-18(25)16(24)15(10-12-4-2-1-3-5-12)23-19(26)14-11-22-27-17(14)13-6-8-21-9-7-13/h1-9,11,15H,10H2,(H2,20,25)(H,23,26). The predicted octanol–water partition coefficient (Wildman–Crippen LogP) is 1.60. The highest BCUT2D eigenvalue weighted by Crippen LogP contribution is 2.27. The molecule has 1 aromatic carbocycles. The van der Waals surface area contributed by atoms with Gasteiger partial charge in [0.2, 0.25) is 5.78 Å². The monoisotopic (exact) mass is 380 g/mol. The number of benzene rings is 1. The Bertz CT molecular complexity index is 957. The fraction of sp³-hybridized carbons (Fsp3) is 0.105. The Morgan fingerprint density at radius 3 is 2.44 bits per heavy atom. The Morgan fingerprint density at radius 1 is 1.07 bits per heavy atom. The summed E-state index contributed by atoms with van der Waals surface area (Å²) in [6.07, 6.45) is 4.83. The molecule has 0 radical (unpaired) electrons. The van der Waals surface area contributed by atoms with Crippen molar-refractivity contribution in [1.29, 1.82) is 0 Å². The molecule has 2 amide bonds. The number of pyridine rings is 1. The highest BCUT2D eigenvalue weighted by molar-refractivity contribution is 7.10. The fourth-order valence-corrected chi connectivity index (χ4v) is 3.33. The lowest BCUT2D eigenvalue weighted by Gasteiger charge is -2.16. The average Bonchev–Trinajstić information content (AvgIpc) is 3.18. The minimum Gasteiger partial charge on any atom is -0.363 e. The molecule has 0 saturated heterocycles. The van der Waals surface area contributed by atoms with Crippen molar-refractivity contribution in [1.82, 2.24) is 14.7 Å². The number of Topliss-reactive ketones (excluding diaryl/α,β-unsaturated/α-hetero) is 1. The van der Waals surface area contributed by atoms with Gasteiger partial charge in [-0.1, -0.05) is 30.3 Å². The SMILES string of the molecule is NC(=O)C(=O)C(Cc1ccccc1)NC(=O)c1cnsc1-c1ccncc1. The van der Waals surface area contributed by atoms with Crippen LogP contribution in [0.5, 0.6) is 0 Å². The largest absolute Gasteiger partial charge is 0.363 e. The summed E-state index contributed by atoms with van der Waals surface area (Å²) in [4.78, 5) is 41.0. The van der Waals surface area contributed by atoms with Gasteiger partial charge in [-0.15, -0.1) is 0 Å². The van der Waals surface area contributed by atoms with Crippen LogP contribution in [0.25, 0.3) is 10.4 Å². The Kier molecular flexibility index (Phi) is 5.68. The summed E-state index contributed by atoms with van der Waals surface area (Å²) >= 11 is 1.16. The zero-order valence-corrected chi connectivity index (χ0v) is 15.0. The van der Waals surface area contributed by atoms with E-state index in [2.05, 4.69) is 14.7 Å². The summed E-state index contributed by atoms with van der Waals surface area (Å²) in [5, 5.41) is 2.62. The quantitative estimate of drug-likeness (QED) is 0.604. The maximum Gasteiger partial charge on any atom is 0.287 e. The number of ketones is 1. The highest BCUT2D eigenvalue weighted by atomic mass is 32.1. The number of primary amides is 1. The van der Waals surface area contributed by atoms with Gasteiger partial charge < -0.3 is 11.1 Å². The summed E-state index contributed by atoms with van der Waals surface area (Å²) in [5.74, 6) is -2.43. The van der Waals surface area contributed by atoms with Crippen molar-refractivity contribution >= 4 is 29.1 Å². The van der Waals surface area contributed by atoms with Crippen LogP contribution < -0.4 is 11.1 Å². The molecule has 8 heteroatoms. The third kappa shape index (κ3) is 4.42. The number of aromatic nitrogens is 2. The summed E-state index contributed by atoms with van der Waals surface area (Å²) < 4.78 is 4.07. The first kappa shape index (κ1) is 18.4. The Balaban J connectivity index is 1.84. The topological polar surface area (TPSA) is 115 Å². The van der Waals surface area contributed by atoms with Crippen LogP contribution in [0.1, 0.15) is 15.9 Å². The molecule has 0 saturated carbocycles. The number of hydrogen-bond acceptors (Lipinski definition) is 6. The molecule has 7 nitrogen and oxygen atoms in total. The second kappa shape index (κ2) is 8.33. The van der Waals surface area contributed by atoms with Crippen molar-refractivity contribution in [3.63, 3.8) is 0 Å². The van der Waals surface area contributed by atoms with Crippen LogP contribution in [-0.4, -0.2) is 33.0 Å². The Morgan fingerprint density at radius 2 is 1.78 bits per heavy atom. The van der Waals surface area contributed by atoms with E-state index in [-0.39, 0.29) is 6.42 Å². The zero-order chi connectivity index (χ0) is 19.2. The molecule has 0 fully saturated rings. The van der Waals surface area contributed by atoms with E-state index >= 15 is 0 Å². The van der Waals surface area contributed by atoms with Gasteiger partial charge in [-0.25, -0.2) is 0 Å². The summed E-state index contributed by atoms with van der Waals surface area (Å²) in [5.41, 5.74) is 7.06. The molecule has 0 spiro atoms. The minimum atomic E-state index is -1.09. The number of nitrogens with zero attached hydrogens (tertiary/aromatic N) is 2. The maximum absolute atomic E-state index is 12.8. The Labute approximate surface area is 159 Å². The van der Waals surface area contributed by atoms with E-state index in [1.165, 1.54) is 6.20 Å². The Hall–Kier alpha value is -3.39. The smallest absolute Gasteiger partial charge is 0.287 e. The fourth-order valence-electron chi connectivity index (χ4n) is 2.58. The van der Waals surface area contributed by atoms with Gasteiger partial charge in [-0.3, -0.25) is 19.4 Å². The van der Waals surface area contributed by atoms with Crippen molar-refractivity contribution in [3.8, 4) is 10.4 Å². The van der Waals surface area contributed by atoms with Crippen molar-refractivity contribution in [2.24, 2.45) is 5.73 Å². The van der Waals surface area contributed by atoms with Crippen LogP contribution >= 0.6 is 11.5 Å². The molecule has 0 aliphatic heterocycles. The van der Waals surface area contributed by atoms with E-state index in [1.807, 2.05) is 30.3 Å². The number of nitrogens with one attached hydrogen (secondary N) is 1. The first-order valence-corrected chi connectivity index (χ1v) is 8.87. The summed E-state index contributed by atoms with van der Waals surface area (Å²) in [6.45, 7) is 0. The van der Waals surface area contributed by atoms with Gasteiger partial charge in [0, 0.05) is 18.8 Å². The van der Waals surface area contributed by atoms with Crippen molar-refractivity contribution < 1.29 is 14.4 Å². The van der Waals surface area contributed by atoms with Gasteiger partial charge in [-0.05, 0) is 34.8 Å².